The summed E-state index contributed by atoms with van der Waals surface area (Å²) in [6.07, 6.45) is 4.76. The number of aryl methyl sites for hydroxylation is 1. The molecule has 1 aliphatic heterocycles. The topological polar surface area (TPSA) is 73.9 Å². The summed E-state index contributed by atoms with van der Waals surface area (Å²) < 4.78 is 5.39. The lowest BCUT2D eigenvalue weighted by Gasteiger charge is -2.28. The first-order chi connectivity index (χ1) is 12.8. The Morgan fingerprint density at radius 2 is 1.96 bits per heavy atom. The molecule has 27 heavy (non-hydrogen) atoms. The standard InChI is InChI=1S/C21H29NO5/c1-21(2,3)20(24)22-17-10-9-14-7-8-15(12-16(14)13-17)19(23)27-26-18-6-4-5-11-25-18/h7-8,12,17-18H,4-6,9-11,13H2,1-3H3,(H,22,24)/t17-,18?/m0/s1. The number of amides is 1. The molecule has 1 unspecified atom stereocenters. The number of benzene rings is 1. The molecule has 2 aliphatic rings. The molecular weight excluding hydrogens is 346 g/mol. The first-order valence-electron chi connectivity index (χ1n) is 9.75. The van der Waals surface area contributed by atoms with Crippen LogP contribution in [-0.4, -0.2) is 30.8 Å². The summed E-state index contributed by atoms with van der Waals surface area (Å²) in [6.45, 7) is 6.35. The van der Waals surface area contributed by atoms with Gasteiger partial charge in [0.05, 0.1) is 5.56 Å². The van der Waals surface area contributed by atoms with Gasteiger partial charge in [-0.3, -0.25) is 9.68 Å². The molecule has 0 saturated carbocycles. The average Bonchev–Trinajstić information content (AvgIpc) is 2.65. The molecule has 1 aromatic rings. The maximum absolute atomic E-state index is 12.3. The quantitative estimate of drug-likeness (QED) is 0.645. The zero-order valence-corrected chi connectivity index (χ0v) is 16.4. The smallest absolute Gasteiger partial charge is 0.353 e. The lowest BCUT2D eigenvalue weighted by Crippen LogP contribution is -2.44. The van der Waals surface area contributed by atoms with Crippen molar-refractivity contribution >= 4 is 11.9 Å². The summed E-state index contributed by atoms with van der Waals surface area (Å²) in [5.74, 6) is -0.472. The number of hydrogen-bond donors (Lipinski definition) is 1. The summed E-state index contributed by atoms with van der Waals surface area (Å²) >= 11 is 0. The van der Waals surface area contributed by atoms with Crippen LogP contribution in [0.4, 0.5) is 0 Å². The van der Waals surface area contributed by atoms with E-state index < -0.39 is 17.7 Å². The Kier molecular flexibility index (Phi) is 6.17. The predicted octanol–water partition coefficient (Wildman–Crippen LogP) is 3.32. The first kappa shape index (κ1) is 19.8. The van der Waals surface area contributed by atoms with Crippen LogP contribution in [0, 0.1) is 5.41 Å². The molecular formula is C21H29NO5. The number of hydrogen-bond acceptors (Lipinski definition) is 5. The summed E-state index contributed by atoms with van der Waals surface area (Å²) in [5, 5.41) is 3.12. The Bertz CT molecular complexity index is 688. The number of nitrogens with one attached hydrogen (secondary N) is 1. The van der Waals surface area contributed by atoms with Crippen LogP contribution in [0.3, 0.4) is 0 Å². The average molecular weight is 375 g/mol. The second-order valence-electron chi connectivity index (χ2n) is 8.41. The molecule has 1 aliphatic carbocycles. The molecule has 0 radical (unpaired) electrons. The second-order valence-corrected chi connectivity index (χ2v) is 8.41. The lowest BCUT2D eigenvalue weighted by atomic mass is 9.86. The predicted molar refractivity (Wildman–Crippen MR) is 99.9 cm³/mol. The van der Waals surface area contributed by atoms with Crippen LogP contribution in [0.15, 0.2) is 18.2 Å². The first-order valence-corrected chi connectivity index (χ1v) is 9.75. The van der Waals surface area contributed by atoms with Gasteiger partial charge in [-0.15, -0.1) is 0 Å². The molecule has 6 heteroatoms. The van der Waals surface area contributed by atoms with Crippen molar-refractivity contribution in [3.8, 4) is 0 Å². The minimum Gasteiger partial charge on any atom is -0.353 e. The number of carbonyl (C=O) groups is 2. The molecule has 0 aromatic heterocycles. The number of carbonyl (C=O) groups excluding carboxylic acids is 2. The highest BCUT2D eigenvalue weighted by Gasteiger charge is 2.27. The van der Waals surface area contributed by atoms with Crippen LogP contribution < -0.4 is 5.32 Å². The van der Waals surface area contributed by atoms with E-state index >= 15 is 0 Å². The third-order valence-corrected chi connectivity index (χ3v) is 5.06. The van der Waals surface area contributed by atoms with Gasteiger partial charge in [0.1, 0.15) is 0 Å². The SMILES string of the molecule is CC(C)(C)C(=O)N[C@H]1CCc2ccc(C(=O)OOC3CCCCO3)cc2C1. The van der Waals surface area contributed by atoms with Gasteiger partial charge in [-0.25, -0.2) is 4.79 Å². The highest BCUT2D eigenvalue weighted by Crippen LogP contribution is 2.24. The fourth-order valence-electron chi connectivity index (χ4n) is 3.34. The van der Waals surface area contributed by atoms with Gasteiger partial charge in [0.2, 0.25) is 12.2 Å². The minimum atomic E-state index is -0.521. The maximum atomic E-state index is 12.3. The third kappa shape index (κ3) is 5.30. The molecule has 2 atom stereocenters. The van der Waals surface area contributed by atoms with E-state index in [1.807, 2.05) is 32.9 Å². The Balaban J connectivity index is 1.59. The molecule has 1 fully saturated rings. The van der Waals surface area contributed by atoms with Crippen molar-refractivity contribution in [2.75, 3.05) is 6.61 Å². The van der Waals surface area contributed by atoms with Crippen molar-refractivity contribution in [2.45, 2.75) is 71.6 Å². The molecule has 1 heterocycles. The summed E-state index contributed by atoms with van der Waals surface area (Å²) in [4.78, 5) is 34.6. The van der Waals surface area contributed by atoms with Crippen molar-refractivity contribution in [3.05, 3.63) is 34.9 Å². The minimum absolute atomic E-state index is 0.0485. The molecule has 3 rings (SSSR count). The van der Waals surface area contributed by atoms with Crippen molar-refractivity contribution in [3.63, 3.8) is 0 Å². The van der Waals surface area contributed by atoms with Gasteiger partial charge in [-0.1, -0.05) is 26.8 Å². The largest absolute Gasteiger partial charge is 0.373 e. The van der Waals surface area contributed by atoms with Crippen LogP contribution in [0.1, 0.15) is 67.9 Å². The summed E-state index contributed by atoms with van der Waals surface area (Å²) in [7, 11) is 0. The van der Waals surface area contributed by atoms with Crippen molar-refractivity contribution in [2.24, 2.45) is 5.41 Å². The van der Waals surface area contributed by atoms with E-state index in [1.54, 1.807) is 6.07 Å². The molecule has 1 saturated heterocycles. The van der Waals surface area contributed by atoms with Crippen LogP contribution in [0.25, 0.3) is 0 Å². The Labute approximate surface area is 160 Å². The van der Waals surface area contributed by atoms with Crippen molar-refractivity contribution < 1.29 is 24.1 Å². The van der Waals surface area contributed by atoms with Gasteiger partial charge in [0, 0.05) is 24.5 Å². The molecule has 1 aromatic carbocycles. The van der Waals surface area contributed by atoms with Gasteiger partial charge < -0.3 is 10.1 Å². The van der Waals surface area contributed by atoms with Crippen LogP contribution >= 0.6 is 0 Å². The van der Waals surface area contributed by atoms with Crippen LogP contribution in [-0.2, 0) is 32.1 Å². The Morgan fingerprint density at radius 3 is 2.67 bits per heavy atom. The molecule has 6 nitrogen and oxygen atoms in total. The highest BCUT2D eigenvalue weighted by molar-refractivity contribution is 5.89. The van der Waals surface area contributed by atoms with Gasteiger partial charge >= 0.3 is 5.97 Å². The number of fused-ring (bicyclic) bond motifs is 1. The van der Waals surface area contributed by atoms with E-state index in [9.17, 15) is 9.59 Å². The van der Waals surface area contributed by atoms with E-state index in [4.69, 9.17) is 14.5 Å². The van der Waals surface area contributed by atoms with Gasteiger partial charge in [-0.2, -0.15) is 4.89 Å². The lowest BCUT2D eigenvalue weighted by molar-refractivity contribution is -0.346. The molecule has 1 amide bonds. The van der Waals surface area contributed by atoms with Crippen LogP contribution in [0.2, 0.25) is 0 Å². The van der Waals surface area contributed by atoms with Gasteiger partial charge in [0.15, 0.2) is 0 Å². The van der Waals surface area contributed by atoms with E-state index in [0.29, 0.717) is 18.6 Å². The molecule has 0 spiro atoms. The summed E-state index contributed by atoms with van der Waals surface area (Å²) in [6, 6.07) is 5.66. The van der Waals surface area contributed by atoms with Gasteiger partial charge in [-0.05, 0) is 55.4 Å². The van der Waals surface area contributed by atoms with E-state index in [0.717, 1.165) is 37.7 Å². The number of rotatable bonds is 4. The van der Waals surface area contributed by atoms with Gasteiger partial charge in [0.25, 0.3) is 0 Å². The molecule has 1 N–H and O–H groups in total. The van der Waals surface area contributed by atoms with Crippen LogP contribution in [0.5, 0.6) is 0 Å². The fourth-order valence-corrected chi connectivity index (χ4v) is 3.34. The van der Waals surface area contributed by atoms with E-state index in [2.05, 4.69) is 5.32 Å². The molecule has 148 valence electrons. The normalized spacial score (nSPS) is 22.6. The Morgan fingerprint density at radius 1 is 1.15 bits per heavy atom. The zero-order chi connectivity index (χ0) is 19.4. The third-order valence-electron chi connectivity index (χ3n) is 5.06. The highest BCUT2D eigenvalue weighted by atomic mass is 17.2. The maximum Gasteiger partial charge on any atom is 0.373 e. The van der Waals surface area contributed by atoms with E-state index in [1.165, 1.54) is 5.56 Å². The number of ether oxygens (including phenoxy) is 1. The van der Waals surface area contributed by atoms with Crippen molar-refractivity contribution in [1.82, 2.24) is 5.32 Å². The zero-order valence-electron chi connectivity index (χ0n) is 16.4. The van der Waals surface area contributed by atoms with Crippen molar-refractivity contribution in [1.29, 1.82) is 0 Å². The Hall–Kier alpha value is -1.92. The monoisotopic (exact) mass is 375 g/mol. The second kappa shape index (κ2) is 8.40. The fraction of sp³-hybridized carbons (Fsp3) is 0.619. The van der Waals surface area contributed by atoms with E-state index in [-0.39, 0.29) is 11.9 Å². The summed E-state index contributed by atoms with van der Waals surface area (Å²) in [5.41, 5.74) is 2.32. The molecule has 0 bridgehead atoms.